The fourth-order valence-electron chi connectivity index (χ4n) is 9.47. The van der Waals surface area contributed by atoms with Gasteiger partial charge in [-0.3, -0.25) is 4.79 Å². The number of para-hydroxylation sites is 1. The quantitative estimate of drug-likeness (QED) is 0.534. The van der Waals surface area contributed by atoms with Crippen molar-refractivity contribution in [3.63, 3.8) is 0 Å². The van der Waals surface area contributed by atoms with Gasteiger partial charge in [0.15, 0.2) is 0 Å². The first-order valence-corrected chi connectivity index (χ1v) is 14.4. The minimum atomic E-state index is -1.07. The van der Waals surface area contributed by atoms with Crippen molar-refractivity contribution in [2.45, 2.75) is 96.3 Å². The summed E-state index contributed by atoms with van der Waals surface area (Å²) in [6.07, 6.45) is 9.07. The van der Waals surface area contributed by atoms with Gasteiger partial charge in [0.1, 0.15) is 5.60 Å². The zero-order valence-electron chi connectivity index (χ0n) is 22.5. The van der Waals surface area contributed by atoms with E-state index < -0.39 is 11.7 Å². The van der Waals surface area contributed by atoms with Gasteiger partial charge in [-0.25, -0.2) is 9.69 Å². The van der Waals surface area contributed by atoms with Gasteiger partial charge in [-0.1, -0.05) is 50.6 Å². The van der Waals surface area contributed by atoms with Crippen molar-refractivity contribution in [3.05, 3.63) is 42.0 Å². The molecule has 0 radical (unpaired) electrons. The molecule has 3 amide bonds. The minimum absolute atomic E-state index is 0.0741. The van der Waals surface area contributed by atoms with E-state index in [2.05, 4.69) is 26.8 Å². The van der Waals surface area contributed by atoms with Crippen LogP contribution >= 0.6 is 0 Å². The van der Waals surface area contributed by atoms with E-state index in [1.807, 2.05) is 35.2 Å². The fraction of sp³-hybridized carbons (Fsp3) is 0.677. The largest absolute Gasteiger partial charge is 0.390 e. The molecule has 3 saturated carbocycles. The summed E-state index contributed by atoms with van der Waals surface area (Å²) in [4.78, 5) is 30.1. The number of aliphatic hydroxyl groups is 2. The van der Waals surface area contributed by atoms with E-state index in [4.69, 9.17) is 0 Å². The lowest BCUT2D eigenvalue weighted by atomic mass is 9.46. The Morgan fingerprint density at radius 3 is 2.46 bits per heavy atom. The predicted molar refractivity (Wildman–Crippen MR) is 143 cm³/mol. The van der Waals surface area contributed by atoms with Crippen molar-refractivity contribution >= 4 is 17.6 Å². The molecule has 6 heteroatoms. The third-order valence-electron chi connectivity index (χ3n) is 11.8. The van der Waals surface area contributed by atoms with Gasteiger partial charge in [0.2, 0.25) is 5.91 Å². The number of carbonyl (C=O) groups is 2. The first-order chi connectivity index (χ1) is 17.6. The zero-order chi connectivity index (χ0) is 26.2. The molecule has 1 saturated heterocycles. The number of fused-ring (bicyclic) bond motifs is 1. The average Bonchev–Trinajstić information content (AvgIpc) is 3.00. The molecule has 2 heterocycles. The molecule has 6 nitrogen and oxygen atoms in total. The Balaban J connectivity index is 1.34. The number of carbonyl (C=O) groups excluding carboxylic acids is 2. The average molecular weight is 507 g/mol. The van der Waals surface area contributed by atoms with Gasteiger partial charge in [0.05, 0.1) is 11.8 Å². The van der Waals surface area contributed by atoms with Gasteiger partial charge in [-0.05, 0) is 81.3 Å². The number of urea groups is 1. The van der Waals surface area contributed by atoms with Crippen LogP contribution in [0, 0.1) is 28.6 Å². The molecule has 5 aliphatic rings. The summed E-state index contributed by atoms with van der Waals surface area (Å²) in [6, 6.07) is 8.97. The lowest BCUT2D eigenvalue weighted by Crippen LogP contribution is -2.66. The monoisotopic (exact) mass is 506 g/mol. The Labute approximate surface area is 220 Å². The van der Waals surface area contributed by atoms with Crippen LogP contribution in [-0.4, -0.2) is 51.3 Å². The van der Waals surface area contributed by atoms with E-state index >= 15 is 0 Å². The van der Waals surface area contributed by atoms with Crippen LogP contribution in [0.25, 0.3) is 0 Å². The number of hydrogen-bond donors (Lipinski definition) is 2. The Morgan fingerprint density at radius 2 is 1.70 bits per heavy atom. The van der Waals surface area contributed by atoms with E-state index in [9.17, 15) is 19.8 Å². The van der Waals surface area contributed by atoms with Gasteiger partial charge in [0, 0.05) is 29.8 Å². The summed E-state index contributed by atoms with van der Waals surface area (Å²) in [5, 5.41) is 23.7. The predicted octanol–water partition coefficient (Wildman–Crippen LogP) is 5.29. The number of benzene rings is 1. The number of allylic oxidation sites excluding steroid dienone is 1. The molecule has 1 aromatic carbocycles. The van der Waals surface area contributed by atoms with Crippen molar-refractivity contribution < 1.29 is 19.8 Å². The van der Waals surface area contributed by atoms with Gasteiger partial charge < -0.3 is 15.1 Å². The third kappa shape index (κ3) is 3.30. The van der Waals surface area contributed by atoms with E-state index in [0.717, 1.165) is 44.9 Å². The normalized spacial score (nSPS) is 44.0. The summed E-state index contributed by atoms with van der Waals surface area (Å²) in [6.45, 7) is 7.33. The van der Waals surface area contributed by atoms with E-state index in [0.29, 0.717) is 31.0 Å². The highest BCUT2D eigenvalue weighted by molar-refractivity contribution is 6.16. The molecule has 3 unspecified atom stereocenters. The summed E-state index contributed by atoms with van der Waals surface area (Å²) in [5.41, 5.74) is 0.215. The number of rotatable bonds is 2. The number of aliphatic hydroxyl groups excluding tert-OH is 1. The van der Waals surface area contributed by atoms with Gasteiger partial charge in [-0.15, -0.1) is 0 Å². The van der Waals surface area contributed by atoms with Gasteiger partial charge in [-0.2, -0.15) is 0 Å². The molecule has 0 spiro atoms. The number of hydrogen-bond acceptors (Lipinski definition) is 4. The highest BCUT2D eigenvalue weighted by atomic mass is 16.3. The lowest BCUT2D eigenvalue weighted by molar-refractivity contribution is -0.246. The number of imide groups is 1. The van der Waals surface area contributed by atoms with Crippen molar-refractivity contribution in [2.24, 2.45) is 28.6 Å². The van der Waals surface area contributed by atoms with Crippen molar-refractivity contribution in [1.82, 2.24) is 4.90 Å². The molecule has 0 aromatic heterocycles. The van der Waals surface area contributed by atoms with Crippen LogP contribution in [0.4, 0.5) is 10.5 Å². The standard InChI is InChI=1S/C31H42N2O4/c1-20-12-16-30-17-14-26(34)31(30,37)29(20,3)15-13-25(21(30)2)22-8-7-11-24-18-27(35)33(28(36)32(24)19-22)23-9-5-4-6-10-23/h4-6,8-10,20-21,24-26,34,37H,7,11-19H2,1-3H3/t20?,21-,24?,25+,26?,29+,30-,31+/m0/s1. The zero-order valence-corrected chi connectivity index (χ0v) is 22.5. The second kappa shape index (κ2) is 8.67. The number of nitrogens with zero attached hydrogens (tertiary/aromatic N) is 2. The molecule has 2 bridgehead atoms. The second-order valence-electron chi connectivity index (χ2n) is 13.0. The van der Waals surface area contributed by atoms with Gasteiger partial charge >= 0.3 is 6.03 Å². The van der Waals surface area contributed by atoms with Crippen LogP contribution in [0.5, 0.6) is 0 Å². The molecule has 3 aliphatic carbocycles. The minimum Gasteiger partial charge on any atom is -0.390 e. The highest BCUT2D eigenvalue weighted by Crippen LogP contribution is 2.71. The van der Waals surface area contributed by atoms with Crippen LogP contribution in [0.3, 0.4) is 0 Å². The molecular formula is C31H42N2O4. The molecule has 37 heavy (non-hydrogen) atoms. The topological polar surface area (TPSA) is 81.1 Å². The van der Waals surface area contributed by atoms with E-state index in [1.165, 1.54) is 10.5 Å². The van der Waals surface area contributed by atoms with E-state index in [-0.39, 0.29) is 40.6 Å². The van der Waals surface area contributed by atoms with Crippen molar-refractivity contribution in [1.29, 1.82) is 0 Å². The SMILES string of the molecule is CC1CC[C@@]23CCC(O)[C@@]2(O)[C@]1(C)CC[C@@H](C1=CCCC2CC(=O)N(c4ccccc4)C(=O)N2C1)[C@@H]3C. The number of amides is 3. The third-order valence-corrected chi connectivity index (χ3v) is 11.8. The van der Waals surface area contributed by atoms with Crippen molar-refractivity contribution in [2.75, 3.05) is 11.4 Å². The first-order valence-electron chi connectivity index (χ1n) is 14.4. The summed E-state index contributed by atoms with van der Waals surface area (Å²) in [5.74, 6) is 0.686. The molecule has 6 rings (SSSR count). The maximum absolute atomic E-state index is 13.8. The Bertz CT molecular complexity index is 1120. The van der Waals surface area contributed by atoms with Crippen LogP contribution in [0.2, 0.25) is 0 Å². The smallest absolute Gasteiger partial charge is 0.331 e. The summed E-state index contributed by atoms with van der Waals surface area (Å²) in [7, 11) is 0. The number of anilines is 1. The van der Waals surface area contributed by atoms with Crippen LogP contribution in [-0.2, 0) is 4.79 Å². The Hall–Kier alpha value is -2.18. The maximum atomic E-state index is 13.8. The molecule has 2 aliphatic heterocycles. The maximum Gasteiger partial charge on any atom is 0.331 e. The fourth-order valence-corrected chi connectivity index (χ4v) is 9.47. The first kappa shape index (κ1) is 25.1. The van der Waals surface area contributed by atoms with Crippen molar-refractivity contribution in [3.8, 4) is 0 Å². The molecule has 8 atom stereocenters. The molecule has 2 N–H and O–H groups in total. The molecular weight excluding hydrogens is 464 g/mol. The molecule has 4 fully saturated rings. The van der Waals surface area contributed by atoms with Crippen LogP contribution in [0.1, 0.15) is 78.6 Å². The summed E-state index contributed by atoms with van der Waals surface area (Å²) < 4.78 is 0. The summed E-state index contributed by atoms with van der Waals surface area (Å²) >= 11 is 0. The second-order valence-corrected chi connectivity index (χ2v) is 13.0. The van der Waals surface area contributed by atoms with Crippen LogP contribution in [0.15, 0.2) is 42.0 Å². The van der Waals surface area contributed by atoms with E-state index in [1.54, 1.807) is 0 Å². The lowest BCUT2D eigenvalue weighted by Gasteiger charge is -2.61. The van der Waals surface area contributed by atoms with Gasteiger partial charge in [0.25, 0.3) is 0 Å². The Morgan fingerprint density at radius 1 is 0.973 bits per heavy atom. The highest BCUT2D eigenvalue weighted by Gasteiger charge is 2.73. The Kier molecular flexibility index (Phi) is 5.89. The van der Waals surface area contributed by atoms with Crippen LogP contribution < -0.4 is 4.90 Å². The molecule has 200 valence electrons. The molecule has 1 aromatic rings.